The Hall–Kier alpha value is -2.57. The molecule has 0 atom stereocenters. The molecule has 5 nitrogen and oxygen atoms in total. The molecule has 1 aromatic heterocycles. The van der Waals surface area contributed by atoms with Gasteiger partial charge in [0.1, 0.15) is 10.7 Å². The molecule has 0 radical (unpaired) electrons. The van der Waals surface area contributed by atoms with Gasteiger partial charge in [-0.3, -0.25) is 4.79 Å². The third-order valence-electron chi connectivity index (χ3n) is 4.35. The second-order valence-corrected chi connectivity index (χ2v) is 7.51. The molecule has 0 aliphatic carbocycles. The molecule has 28 heavy (non-hydrogen) atoms. The Morgan fingerprint density at radius 3 is 2.50 bits per heavy atom. The summed E-state index contributed by atoms with van der Waals surface area (Å²) >= 11 is 7.37. The summed E-state index contributed by atoms with van der Waals surface area (Å²) in [6, 6.07) is 13.2. The van der Waals surface area contributed by atoms with Gasteiger partial charge in [0.15, 0.2) is 11.5 Å². The average Bonchev–Trinajstić information content (AvgIpc) is 3.21. The van der Waals surface area contributed by atoms with Crippen LogP contribution in [0.25, 0.3) is 10.6 Å². The number of aromatic nitrogens is 1. The highest BCUT2D eigenvalue weighted by Gasteiger charge is 2.16. The second-order valence-electron chi connectivity index (χ2n) is 6.21. The first kappa shape index (κ1) is 20.2. The number of rotatable bonds is 7. The molecule has 146 valence electrons. The summed E-state index contributed by atoms with van der Waals surface area (Å²) in [5.41, 5.74) is 2.46. The van der Waals surface area contributed by atoms with Crippen LogP contribution >= 0.6 is 22.9 Å². The van der Waals surface area contributed by atoms with Crippen LogP contribution in [0.15, 0.2) is 47.8 Å². The highest BCUT2D eigenvalue weighted by Crippen LogP contribution is 2.28. The predicted octanol–water partition coefficient (Wildman–Crippen LogP) is 4.80. The Labute approximate surface area is 173 Å². The maximum Gasteiger partial charge on any atom is 0.273 e. The molecule has 0 bridgehead atoms. The molecular formula is C21H21ClN2O3S. The lowest BCUT2D eigenvalue weighted by molar-refractivity contribution is 0.0791. The van der Waals surface area contributed by atoms with Gasteiger partial charge in [-0.25, -0.2) is 4.98 Å². The van der Waals surface area contributed by atoms with Gasteiger partial charge in [-0.15, -0.1) is 11.3 Å². The van der Waals surface area contributed by atoms with Crippen molar-refractivity contribution in [2.75, 3.05) is 27.8 Å². The fourth-order valence-electron chi connectivity index (χ4n) is 2.73. The molecule has 2 aromatic carbocycles. The van der Waals surface area contributed by atoms with Crippen LogP contribution in [0.5, 0.6) is 11.5 Å². The number of ether oxygens (including phenoxy) is 2. The van der Waals surface area contributed by atoms with Crippen molar-refractivity contribution in [2.24, 2.45) is 0 Å². The molecule has 0 saturated carbocycles. The van der Waals surface area contributed by atoms with E-state index in [1.165, 1.54) is 11.3 Å². The monoisotopic (exact) mass is 416 g/mol. The lowest BCUT2D eigenvalue weighted by Gasteiger charge is -2.16. The van der Waals surface area contributed by atoms with Gasteiger partial charge < -0.3 is 14.4 Å². The van der Waals surface area contributed by atoms with Crippen LogP contribution in [0, 0.1) is 0 Å². The normalized spacial score (nSPS) is 10.6. The van der Waals surface area contributed by atoms with Crippen molar-refractivity contribution in [3.8, 4) is 22.1 Å². The number of carbonyl (C=O) groups excluding carboxylic acids is 1. The molecule has 7 heteroatoms. The Balaban J connectivity index is 1.64. The van der Waals surface area contributed by atoms with Crippen molar-refractivity contribution in [3.05, 3.63) is 64.1 Å². The molecule has 1 amide bonds. The summed E-state index contributed by atoms with van der Waals surface area (Å²) in [7, 11) is 5.00. The van der Waals surface area contributed by atoms with Crippen molar-refractivity contribution in [1.29, 1.82) is 0 Å². The van der Waals surface area contributed by atoms with Gasteiger partial charge in [0.05, 0.1) is 14.2 Å². The van der Waals surface area contributed by atoms with Crippen LogP contribution in [-0.2, 0) is 6.42 Å². The van der Waals surface area contributed by atoms with Crippen LogP contribution in [0.4, 0.5) is 0 Å². The van der Waals surface area contributed by atoms with Gasteiger partial charge >= 0.3 is 0 Å². The van der Waals surface area contributed by atoms with Gasteiger partial charge in [-0.05, 0) is 36.2 Å². The average molecular weight is 417 g/mol. The van der Waals surface area contributed by atoms with Gasteiger partial charge in [-0.2, -0.15) is 0 Å². The molecule has 3 rings (SSSR count). The minimum atomic E-state index is -0.100. The summed E-state index contributed by atoms with van der Waals surface area (Å²) in [5, 5.41) is 3.26. The maximum atomic E-state index is 12.7. The lowest BCUT2D eigenvalue weighted by atomic mass is 10.1. The Kier molecular flexibility index (Phi) is 6.54. The van der Waals surface area contributed by atoms with E-state index in [0.717, 1.165) is 16.1 Å². The minimum Gasteiger partial charge on any atom is -0.493 e. The fourth-order valence-corrected chi connectivity index (χ4v) is 3.65. The van der Waals surface area contributed by atoms with Crippen molar-refractivity contribution in [2.45, 2.75) is 6.42 Å². The van der Waals surface area contributed by atoms with E-state index >= 15 is 0 Å². The van der Waals surface area contributed by atoms with Crippen molar-refractivity contribution in [3.63, 3.8) is 0 Å². The van der Waals surface area contributed by atoms with E-state index < -0.39 is 0 Å². The molecule has 0 aliphatic rings. The molecule has 0 aliphatic heterocycles. The zero-order valence-electron chi connectivity index (χ0n) is 15.9. The van der Waals surface area contributed by atoms with E-state index in [2.05, 4.69) is 4.98 Å². The van der Waals surface area contributed by atoms with Gasteiger partial charge in [0.25, 0.3) is 5.91 Å². The molecular weight excluding hydrogens is 396 g/mol. The number of hydrogen-bond acceptors (Lipinski definition) is 5. The Morgan fingerprint density at radius 2 is 1.82 bits per heavy atom. The Bertz CT molecular complexity index is 957. The number of methoxy groups -OCH3 is 2. The third kappa shape index (κ3) is 4.64. The summed E-state index contributed by atoms with van der Waals surface area (Å²) < 4.78 is 10.6. The first-order chi connectivity index (χ1) is 13.5. The van der Waals surface area contributed by atoms with Crippen LogP contribution in [0.3, 0.4) is 0 Å². The second kappa shape index (κ2) is 9.08. The van der Waals surface area contributed by atoms with E-state index in [9.17, 15) is 4.79 Å². The number of likely N-dealkylation sites (N-methyl/N-ethyl adjacent to an activating group) is 1. The zero-order valence-corrected chi connectivity index (χ0v) is 17.5. The smallest absolute Gasteiger partial charge is 0.273 e. The van der Waals surface area contributed by atoms with Crippen molar-refractivity contribution in [1.82, 2.24) is 9.88 Å². The number of halogens is 1. The molecule has 3 aromatic rings. The van der Waals surface area contributed by atoms with Gasteiger partial charge in [0.2, 0.25) is 0 Å². The molecule has 0 N–H and O–H groups in total. The summed E-state index contributed by atoms with van der Waals surface area (Å²) in [4.78, 5) is 18.9. The predicted molar refractivity (Wildman–Crippen MR) is 113 cm³/mol. The highest BCUT2D eigenvalue weighted by atomic mass is 35.5. The summed E-state index contributed by atoms with van der Waals surface area (Å²) in [5.74, 6) is 1.27. The third-order valence-corrected chi connectivity index (χ3v) is 5.49. The first-order valence-corrected chi connectivity index (χ1v) is 9.95. The van der Waals surface area contributed by atoms with Crippen LogP contribution < -0.4 is 9.47 Å². The quantitative estimate of drug-likeness (QED) is 0.555. The number of nitrogens with zero attached hydrogens (tertiary/aromatic N) is 2. The molecule has 0 unspecified atom stereocenters. The molecule has 0 fully saturated rings. The first-order valence-electron chi connectivity index (χ1n) is 8.69. The number of amides is 1. The SMILES string of the molecule is COc1ccc(CCN(C)C(=O)c2csc(-c3ccc(Cl)cc3)n2)cc1OC. The molecule has 0 saturated heterocycles. The maximum absolute atomic E-state index is 12.7. The number of thiazole rings is 1. The summed E-state index contributed by atoms with van der Waals surface area (Å²) in [6.45, 7) is 0.572. The van der Waals surface area contributed by atoms with Crippen molar-refractivity contribution < 1.29 is 14.3 Å². The van der Waals surface area contributed by atoms with Gasteiger partial charge in [0, 0.05) is 29.6 Å². The Morgan fingerprint density at radius 1 is 1.11 bits per heavy atom. The lowest BCUT2D eigenvalue weighted by Crippen LogP contribution is -2.29. The minimum absolute atomic E-state index is 0.100. The largest absolute Gasteiger partial charge is 0.493 e. The number of carbonyl (C=O) groups is 1. The highest BCUT2D eigenvalue weighted by molar-refractivity contribution is 7.13. The standard InChI is InChI=1S/C21H21ClN2O3S/c1-24(11-10-14-4-9-18(26-2)19(12-14)27-3)21(25)17-13-28-20(23-17)15-5-7-16(22)8-6-15/h4-9,12-13H,10-11H2,1-3H3. The van der Waals surface area contributed by atoms with Gasteiger partial charge in [-0.1, -0.05) is 29.8 Å². The van der Waals surface area contributed by atoms with Crippen LogP contribution in [-0.4, -0.2) is 43.6 Å². The molecule has 0 spiro atoms. The van der Waals surface area contributed by atoms with E-state index in [1.54, 1.807) is 31.5 Å². The fraction of sp³-hybridized carbons (Fsp3) is 0.238. The molecule has 1 heterocycles. The van der Waals surface area contributed by atoms with Crippen LogP contribution in [0.1, 0.15) is 16.1 Å². The van der Waals surface area contributed by atoms with Crippen molar-refractivity contribution >= 4 is 28.8 Å². The number of hydrogen-bond donors (Lipinski definition) is 0. The topological polar surface area (TPSA) is 51.7 Å². The van der Waals surface area contributed by atoms with Crippen LogP contribution in [0.2, 0.25) is 5.02 Å². The zero-order chi connectivity index (χ0) is 20.1. The van der Waals surface area contributed by atoms with E-state index in [-0.39, 0.29) is 5.91 Å². The van der Waals surface area contributed by atoms with E-state index in [4.69, 9.17) is 21.1 Å². The summed E-state index contributed by atoms with van der Waals surface area (Å²) in [6.07, 6.45) is 0.705. The van der Waals surface area contributed by atoms with E-state index in [0.29, 0.717) is 35.2 Å². The number of benzene rings is 2. The van der Waals surface area contributed by atoms with E-state index in [1.807, 2.05) is 42.5 Å².